The second-order valence-corrected chi connectivity index (χ2v) is 4.31. The fourth-order valence-electron chi connectivity index (χ4n) is 1.38. The van der Waals surface area contributed by atoms with E-state index >= 15 is 0 Å². The molecule has 0 spiro atoms. The molecule has 80 valence electrons. The molecule has 2 rings (SSSR count). The van der Waals surface area contributed by atoms with E-state index in [4.69, 9.17) is 40.1 Å². The van der Waals surface area contributed by atoms with Crippen molar-refractivity contribution in [2.24, 2.45) is 0 Å². The van der Waals surface area contributed by atoms with Crippen LogP contribution < -0.4 is 0 Å². The normalized spacial score (nSPS) is 10.1. The Morgan fingerprint density at radius 2 is 1.69 bits per heavy atom. The molecule has 1 aromatic heterocycles. The lowest BCUT2D eigenvalue weighted by Gasteiger charge is -1.98. The summed E-state index contributed by atoms with van der Waals surface area (Å²) in [5, 5.41) is 10.1. The number of rotatable bonds is 1. The molecule has 1 N–H and O–H groups in total. The Morgan fingerprint density at radius 3 is 2.25 bits per heavy atom. The largest absolute Gasteiger partial charge is 0.343 e. The summed E-state index contributed by atoms with van der Waals surface area (Å²) in [6.45, 7) is 0. The first-order valence-corrected chi connectivity index (χ1v) is 5.50. The molecule has 16 heavy (non-hydrogen) atoms. The summed E-state index contributed by atoms with van der Waals surface area (Å²) in [5.41, 5.74) is 1.76. The van der Waals surface area contributed by atoms with Gasteiger partial charge in [0.1, 0.15) is 11.2 Å². The molecule has 0 saturated carbocycles. The molecule has 0 aliphatic heterocycles. The Morgan fingerprint density at radius 1 is 1.06 bits per heavy atom. The SMILES string of the molecule is N#Cc1c(-c2ccc(Cl)cc2)[nH]c(Cl)c1Cl. The van der Waals surface area contributed by atoms with Crippen molar-refractivity contribution in [3.63, 3.8) is 0 Å². The average Bonchev–Trinajstić information content (AvgIpc) is 2.56. The molecule has 2 nitrogen and oxygen atoms in total. The first-order chi connectivity index (χ1) is 7.63. The van der Waals surface area contributed by atoms with Crippen LogP contribution in [0.4, 0.5) is 0 Å². The minimum atomic E-state index is 0.245. The molecular weight excluding hydrogens is 266 g/mol. The Kier molecular flexibility index (Phi) is 3.11. The van der Waals surface area contributed by atoms with Crippen LogP contribution in [-0.2, 0) is 0 Å². The van der Waals surface area contributed by atoms with Crippen molar-refractivity contribution in [1.29, 1.82) is 5.26 Å². The minimum Gasteiger partial charge on any atom is -0.343 e. The maximum atomic E-state index is 8.99. The molecule has 0 unspecified atom stereocenters. The van der Waals surface area contributed by atoms with Crippen molar-refractivity contribution in [1.82, 2.24) is 4.98 Å². The molecule has 0 atom stereocenters. The maximum Gasteiger partial charge on any atom is 0.127 e. The quantitative estimate of drug-likeness (QED) is 0.814. The standard InChI is InChI=1S/C11H5Cl3N2/c12-7-3-1-6(2-4-7)10-8(5-15)9(13)11(14)16-10/h1-4,16H. The van der Waals surface area contributed by atoms with Gasteiger partial charge in [-0.05, 0) is 17.7 Å². The lowest BCUT2D eigenvalue weighted by atomic mass is 10.1. The maximum absolute atomic E-state index is 8.99. The molecule has 5 heteroatoms. The van der Waals surface area contributed by atoms with E-state index in [2.05, 4.69) is 4.98 Å². The van der Waals surface area contributed by atoms with Gasteiger partial charge in [-0.15, -0.1) is 0 Å². The van der Waals surface area contributed by atoms with Gasteiger partial charge in [0.2, 0.25) is 0 Å². The van der Waals surface area contributed by atoms with Crippen LogP contribution in [0.2, 0.25) is 15.2 Å². The van der Waals surface area contributed by atoms with Crippen molar-refractivity contribution >= 4 is 34.8 Å². The number of nitrogens with one attached hydrogen (secondary N) is 1. The Labute approximate surface area is 107 Å². The van der Waals surface area contributed by atoms with Gasteiger partial charge >= 0.3 is 0 Å². The predicted octanol–water partition coefficient (Wildman–Crippen LogP) is 4.51. The van der Waals surface area contributed by atoms with E-state index in [1.165, 1.54) is 0 Å². The van der Waals surface area contributed by atoms with E-state index in [1.807, 2.05) is 6.07 Å². The molecule has 1 aromatic carbocycles. The zero-order valence-corrected chi connectivity index (χ0v) is 10.2. The van der Waals surface area contributed by atoms with Crippen LogP contribution in [-0.4, -0.2) is 4.98 Å². The van der Waals surface area contributed by atoms with Crippen molar-refractivity contribution in [3.8, 4) is 17.3 Å². The summed E-state index contributed by atoms with van der Waals surface area (Å²) in [6, 6.07) is 9.08. The van der Waals surface area contributed by atoms with Crippen LogP contribution in [0.15, 0.2) is 24.3 Å². The molecule has 0 fully saturated rings. The van der Waals surface area contributed by atoms with Gasteiger partial charge in [-0.25, -0.2) is 0 Å². The minimum absolute atomic E-state index is 0.245. The number of halogens is 3. The van der Waals surface area contributed by atoms with Crippen LogP contribution in [0.25, 0.3) is 11.3 Å². The smallest absolute Gasteiger partial charge is 0.127 e. The van der Waals surface area contributed by atoms with Gasteiger partial charge in [0.15, 0.2) is 0 Å². The highest BCUT2D eigenvalue weighted by Gasteiger charge is 2.15. The van der Waals surface area contributed by atoms with E-state index < -0.39 is 0 Å². The zero-order valence-electron chi connectivity index (χ0n) is 7.89. The molecule has 0 radical (unpaired) electrons. The second-order valence-electron chi connectivity index (χ2n) is 3.12. The number of nitriles is 1. The number of hydrogen-bond acceptors (Lipinski definition) is 1. The van der Waals surface area contributed by atoms with Gasteiger partial charge in [-0.2, -0.15) is 5.26 Å². The molecule has 0 amide bonds. The van der Waals surface area contributed by atoms with Gasteiger partial charge in [0.05, 0.1) is 16.3 Å². The number of aromatic nitrogens is 1. The number of nitrogens with zero attached hydrogens (tertiary/aromatic N) is 1. The van der Waals surface area contributed by atoms with E-state index in [0.717, 1.165) is 5.56 Å². The number of aromatic amines is 1. The van der Waals surface area contributed by atoms with Gasteiger partial charge in [-0.3, -0.25) is 0 Å². The highest BCUT2D eigenvalue weighted by molar-refractivity contribution is 6.42. The lowest BCUT2D eigenvalue weighted by Crippen LogP contribution is -1.81. The van der Waals surface area contributed by atoms with Crippen LogP contribution in [0.3, 0.4) is 0 Å². The lowest BCUT2D eigenvalue weighted by molar-refractivity contribution is 1.39. The highest BCUT2D eigenvalue weighted by Crippen LogP contribution is 2.34. The van der Waals surface area contributed by atoms with Gasteiger partial charge in [-0.1, -0.05) is 46.9 Å². The van der Waals surface area contributed by atoms with Crippen LogP contribution >= 0.6 is 34.8 Å². The van der Waals surface area contributed by atoms with Crippen molar-refractivity contribution in [2.75, 3.05) is 0 Å². The summed E-state index contributed by atoms with van der Waals surface area (Å²) in [5.74, 6) is 0. The molecule has 2 aromatic rings. The fraction of sp³-hybridized carbons (Fsp3) is 0. The van der Waals surface area contributed by atoms with Gasteiger partial charge < -0.3 is 4.98 Å². The Balaban J connectivity index is 2.61. The van der Waals surface area contributed by atoms with Crippen LogP contribution in [0.1, 0.15) is 5.56 Å². The first-order valence-electron chi connectivity index (χ1n) is 4.36. The summed E-state index contributed by atoms with van der Waals surface area (Å²) in [4.78, 5) is 2.87. The fourth-order valence-corrected chi connectivity index (χ4v) is 1.88. The van der Waals surface area contributed by atoms with Crippen molar-refractivity contribution in [3.05, 3.63) is 45.0 Å². The van der Waals surface area contributed by atoms with E-state index in [1.54, 1.807) is 24.3 Å². The topological polar surface area (TPSA) is 39.6 Å². The van der Waals surface area contributed by atoms with E-state index in [-0.39, 0.29) is 10.2 Å². The summed E-state index contributed by atoms with van der Waals surface area (Å²) in [7, 11) is 0. The van der Waals surface area contributed by atoms with E-state index in [0.29, 0.717) is 16.3 Å². The summed E-state index contributed by atoms with van der Waals surface area (Å²) in [6.07, 6.45) is 0. The number of hydrogen-bond donors (Lipinski definition) is 1. The summed E-state index contributed by atoms with van der Waals surface area (Å²) >= 11 is 17.5. The third-order valence-corrected chi connectivity index (χ3v) is 3.15. The Bertz CT molecular complexity index is 564. The first kappa shape index (κ1) is 11.3. The van der Waals surface area contributed by atoms with Gasteiger partial charge in [0, 0.05) is 5.02 Å². The molecule has 1 heterocycles. The molecule has 0 aliphatic carbocycles. The summed E-state index contributed by atoms with van der Waals surface area (Å²) < 4.78 is 0. The predicted molar refractivity (Wildman–Crippen MR) is 66.0 cm³/mol. The molecule has 0 bridgehead atoms. The third kappa shape index (κ3) is 1.90. The highest BCUT2D eigenvalue weighted by atomic mass is 35.5. The van der Waals surface area contributed by atoms with E-state index in [9.17, 15) is 0 Å². The molecular formula is C11H5Cl3N2. The van der Waals surface area contributed by atoms with Crippen LogP contribution in [0, 0.1) is 11.3 Å². The second kappa shape index (κ2) is 4.39. The average molecular weight is 272 g/mol. The van der Waals surface area contributed by atoms with Gasteiger partial charge in [0.25, 0.3) is 0 Å². The monoisotopic (exact) mass is 270 g/mol. The third-order valence-electron chi connectivity index (χ3n) is 2.14. The van der Waals surface area contributed by atoms with Crippen molar-refractivity contribution in [2.45, 2.75) is 0 Å². The van der Waals surface area contributed by atoms with Crippen molar-refractivity contribution < 1.29 is 0 Å². The number of benzene rings is 1. The molecule has 0 saturated heterocycles. The zero-order chi connectivity index (χ0) is 11.7. The Hall–Kier alpha value is -1.14. The molecule has 0 aliphatic rings. The number of H-pyrrole nitrogens is 1. The van der Waals surface area contributed by atoms with Crippen LogP contribution in [0.5, 0.6) is 0 Å².